The van der Waals surface area contributed by atoms with E-state index < -0.39 is 0 Å². The van der Waals surface area contributed by atoms with Crippen molar-refractivity contribution in [1.29, 1.82) is 0 Å². The molecule has 1 aromatic carbocycles. The van der Waals surface area contributed by atoms with Crippen molar-refractivity contribution < 1.29 is 4.42 Å². The first-order valence-corrected chi connectivity index (χ1v) is 6.99. The number of fused-ring (bicyclic) bond motifs is 1. The van der Waals surface area contributed by atoms with Crippen LogP contribution in [0, 0.1) is 5.41 Å². The lowest BCUT2D eigenvalue weighted by atomic mass is 9.92. The second-order valence-electron chi connectivity index (χ2n) is 6.63. The number of aromatic nitrogens is 1. The van der Waals surface area contributed by atoms with Gasteiger partial charge in [-0.1, -0.05) is 34.6 Å². The van der Waals surface area contributed by atoms with Crippen LogP contribution in [0.5, 0.6) is 0 Å². The molecule has 0 amide bonds. The van der Waals surface area contributed by atoms with E-state index in [0.717, 1.165) is 35.6 Å². The maximum absolute atomic E-state index is 5.70. The average molecular weight is 260 g/mol. The van der Waals surface area contributed by atoms with Crippen molar-refractivity contribution in [3.63, 3.8) is 0 Å². The largest absolute Gasteiger partial charge is 0.440 e. The van der Waals surface area contributed by atoms with Gasteiger partial charge in [-0.2, -0.15) is 0 Å². The highest BCUT2D eigenvalue weighted by Gasteiger charge is 2.11. The minimum atomic E-state index is 0.324. The van der Waals surface area contributed by atoms with Crippen LogP contribution in [-0.4, -0.2) is 11.5 Å². The Morgan fingerprint density at radius 3 is 2.63 bits per heavy atom. The Balaban J connectivity index is 2.08. The van der Waals surface area contributed by atoms with E-state index in [1.165, 1.54) is 0 Å². The molecule has 0 aliphatic rings. The number of anilines is 1. The minimum absolute atomic E-state index is 0.324. The summed E-state index contributed by atoms with van der Waals surface area (Å²) < 4.78 is 5.70. The summed E-state index contributed by atoms with van der Waals surface area (Å²) in [5.41, 5.74) is 3.27. The zero-order valence-corrected chi connectivity index (χ0v) is 12.6. The quantitative estimate of drug-likeness (QED) is 0.858. The van der Waals surface area contributed by atoms with Gasteiger partial charge < -0.3 is 9.73 Å². The first kappa shape index (κ1) is 13.9. The first-order valence-electron chi connectivity index (χ1n) is 6.99. The highest BCUT2D eigenvalue weighted by molar-refractivity contribution is 5.77. The highest BCUT2D eigenvalue weighted by atomic mass is 16.3. The van der Waals surface area contributed by atoms with Gasteiger partial charge in [0.25, 0.3) is 0 Å². The second kappa shape index (κ2) is 5.24. The minimum Gasteiger partial charge on any atom is -0.440 e. The number of nitrogens with zero attached hydrogens (tertiary/aromatic N) is 1. The molecule has 1 heterocycles. The third-order valence-electron chi connectivity index (χ3n) is 3.10. The maximum Gasteiger partial charge on any atom is 0.198 e. The van der Waals surface area contributed by atoms with Crippen LogP contribution in [-0.2, 0) is 0 Å². The van der Waals surface area contributed by atoms with E-state index in [2.05, 4.69) is 57.1 Å². The van der Waals surface area contributed by atoms with Crippen molar-refractivity contribution in [3.05, 3.63) is 24.1 Å². The van der Waals surface area contributed by atoms with Crippen molar-refractivity contribution in [2.45, 2.75) is 47.0 Å². The number of rotatable bonds is 4. The third-order valence-corrected chi connectivity index (χ3v) is 3.10. The number of hydrogen-bond acceptors (Lipinski definition) is 3. The zero-order chi connectivity index (χ0) is 14.0. The van der Waals surface area contributed by atoms with Gasteiger partial charge in [-0.15, -0.1) is 0 Å². The summed E-state index contributed by atoms with van der Waals surface area (Å²) in [5.74, 6) is 1.13. The molecule has 2 rings (SSSR count). The molecule has 19 heavy (non-hydrogen) atoms. The van der Waals surface area contributed by atoms with Crippen LogP contribution in [0.1, 0.15) is 52.8 Å². The molecule has 0 aliphatic heterocycles. The fourth-order valence-electron chi connectivity index (χ4n) is 1.88. The highest BCUT2D eigenvalue weighted by Crippen LogP contribution is 2.24. The fourth-order valence-corrected chi connectivity index (χ4v) is 1.88. The molecule has 0 aliphatic carbocycles. The molecule has 0 spiro atoms. The van der Waals surface area contributed by atoms with E-state index in [-0.39, 0.29) is 0 Å². The van der Waals surface area contributed by atoms with Gasteiger partial charge in [0.15, 0.2) is 11.5 Å². The molecule has 2 aromatic rings. The Kier molecular flexibility index (Phi) is 3.83. The summed E-state index contributed by atoms with van der Waals surface area (Å²) in [5, 5.41) is 3.45. The van der Waals surface area contributed by atoms with Gasteiger partial charge in [-0.25, -0.2) is 4.98 Å². The predicted molar refractivity (Wildman–Crippen MR) is 80.7 cm³/mol. The third kappa shape index (κ3) is 3.72. The van der Waals surface area contributed by atoms with Gasteiger partial charge in [0.05, 0.1) is 0 Å². The van der Waals surface area contributed by atoms with E-state index in [0.29, 0.717) is 11.3 Å². The van der Waals surface area contributed by atoms with E-state index in [1.807, 2.05) is 6.07 Å². The van der Waals surface area contributed by atoms with Gasteiger partial charge in [0.2, 0.25) is 0 Å². The van der Waals surface area contributed by atoms with Crippen LogP contribution in [0.2, 0.25) is 0 Å². The second-order valence-corrected chi connectivity index (χ2v) is 6.63. The van der Waals surface area contributed by atoms with Crippen LogP contribution < -0.4 is 5.32 Å². The Morgan fingerprint density at radius 2 is 2.00 bits per heavy atom. The van der Waals surface area contributed by atoms with Crippen LogP contribution >= 0.6 is 0 Å². The summed E-state index contributed by atoms with van der Waals surface area (Å²) in [6, 6.07) is 6.11. The number of oxazole rings is 1. The van der Waals surface area contributed by atoms with Crippen LogP contribution in [0.25, 0.3) is 11.1 Å². The monoisotopic (exact) mass is 260 g/mol. The van der Waals surface area contributed by atoms with Crippen molar-refractivity contribution in [2.75, 3.05) is 11.9 Å². The lowest BCUT2D eigenvalue weighted by Gasteiger charge is -2.18. The van der Waals surface area contributed by atoms with Crippen molar-refractivity contribution in [1.82, 2.24) is 4.98 Å². The van der Waals surface area contributed by atoms with Gasteiger partial charge in [-0.05, 0) is 30.0 Å². The lowest BCUT2D eigenvalue weighted by molar-refractivity contribution is 0.390. The van der Waals surface area contributed by atoms with Crippen molar-refractivity contribution >= 4 is 16.8 Å². The molecule has 0 atom stereocenters. The van der Waals surface area contributed by atoms with Crippen molar-refractivity contribution in [2.24, 2.45) is 5.41 Å². The van der Waals surface area contributed by atoms with Crippen LogP contribution in [0.3, 0.4) is 0 Å². The molecule has 0 saturated carbocycles. The summed E-state index contributed by atoms with van der Waals surface area (Å²) in [6.07, 6.45) is 1.14. The van der Waals surface area contributed by atoms with Crippen molar-refractivity contribution in [3.8, 4) is 0 Å². The maximum atomic E-state index is 5.70. The van der Waals surface area contributed by atoms with Crippen LogP contribution in [0.15, 0.2) is 22.6 Å². The summed E-state index contributed by atoms with van der Waals surface area (Å²) in [4.78, 5) is 4.52. The molecule has 0 saturated heterocycles. The molecule has 3 nitrogen and oxygen atoms in total. The van der Waals surface area contributed by atoms with Gasteiger partial charge in [0.1, 0.15) is 5.52 Å². The lowest BCUT2D eigenvalue weighted by Crippen LogP contribution is -2.12. The SMILES string of the molecule is CC(C)c1nc2cc(NCCC(C)(C)C)ccc2o1. The van der Waals surface area contributed by atoms with Gasteiger partial charge in [0, 0.05) is 18.2 Å². The molecule has 0 fully saturated rings. The molecule has 0 unspecified atom stereocenters. The summed E-state index contributed by atoms with van der Waals surface area (Å²) >= 11 is 0. The Hall–Kier alpha value is -1.51. The van der Waals surface area contributed by atoms with E-state index in [1.54, 1.807) is 0 Å². The molecule has 1 aromatic heterocycles. The van der Waals surface area contributed by atoms with Gasteiger partial charge >= 0.3 is 0 Å². The fraction of sp³-hybridized carbons (Fsp3) is 0.562. The van der Waals surface area contributed by atoms with E-state index in [9.17, 15) is 0 Å². The smallest absolute Gasteiger partial charge is 0.198 e. The van der Waals surface area contributed by atoms with Crippen LogP contribution in [0.4, 0.5) is 5.69 Å². The molecule has 104 valence electrons. The molecule has 1 N–H and O–H groups in total. The van der Waals surface area contributed by atoms with E-state index >= 15 is 0 Å². The van der Waals surface area contributed by atoms with E-state index in [4.69, 9.17) is 4.42 Å². The summed E-state index contributed by atoms with van der Waals surface area (Å²) in [6.45, 7) is 11.9. The normalized spacial score (nSPS) is 12.3. The molecular weight excluding hydrogens is 236 g/mol. The molecular formula is C16H24N2O. The first-order chi connectivity index (χ1) is 8.85. The average Bonchev–Trinajstić information content (AvgIpc) is 2.70. The summed E-state index contributed by atoms with van der Waals surface area (Å²) in [7, 11) is 0. The Labute approximate surface area is 115 Å². The zero-order valence-electron chi connectivity index (χ0n) is 12.6. The number of benzene rings is 1. The molecule has 0 bridgehead atoms. The topological polar surface area (TPSA) is 38.1 Å². The Morgan fingerprint density at radius 1 is 1.26 bits per heavy atom. The Bertz CT molecular complexity index is 549. The number of hydrogen-bond donors (Lipinski definition) is 1. The standard InChI is InChI=1S/C16H24N2O/c1-11(2)15-18-13-10-12(6-7-14(13)19-15)17-9-8-16(3,4)5/h6-7,10-11,17H,8-9H2,1-5H3. The molecule has 3 heteroatoms. The molecule has 0 radical (unpaired) electrons. The number of nitrogens with one attached hydrogen (secondary N) is 1. The predicted octanol–water partition coefficient (Wildman–Crippen LogP) is 4.80. The van der Waals surface area contributed by atoms with Gasteiger partial charge in [-0.3, -0.25) is 0 Å².